The van der Waals surface area contributed by atoms with Crippen molar-refractivity contribution in [2.24, 2.45) is 0 Å². The number of aromatic nitrogens is 8. The largest absolute Gasteiger partial charge is 0.256 e. The summed E-state index contributed by atoms with van der Waals surface area (Å²) in [4.78, 5) is 40.7. The molecular formula is C135H86N8S4. The third-order valence-corrected chi connectivity index (χ3v) is 33.3. The Balaban J connectivity index is 0.0000000978. The van der Waals surface area contributed by atoms with Crippen LogP contribution in [0.1, 0.15) is 25.0 Å². The lowest BCUT2D eigenvalue weighted by Crippen LogP contribution is -2.15. The normalized spacial score (nSPS) is 12.1. The van der Waals surface area contributed by atoms with Crippen LogP contribution in [0.5, 0.6) is 0 Å². The molecule has 12 heteroatoms. The quantitative estimate of drug-likeness (QED) is 0.126. The monoisotopic (exact) mass is 1950 g/mol. The van der Waals surface area contributed by atoms with Gasteiger partial charge in [-0.05, 0) is 176 Å². The second-order valence-electron chi connectivity index (χ2n) is 37.8. The minimum Gasteiger partial charge on any atom is -0.256 e. The van der Waals surface area contributed by atoms with Crippen LogP contribution in [0.4, 0.5) is 0 Å². The molecule has 0 fully saturated rings. The summed E-state index contributed by atoms with van der Waals surface area (Å²) in [5.74, 6) is 0.736. The molecule has 1 aliphatic carbocycles. The van der Waals surface area contributed by atoms with Crippen molar-refractivity contribution in [3.8, 4) is 135 Å². The zero-order valence-electron chi connectivity index (χ0n) is 79.9. The molecule has 1 aliphatic rings. The van der Waals surface area contributed by atoms with Crippen molar-refractivity contribution in [1.29, 1.82) is 0 Å². The summed E-state index contributed by atoms with van der Waals surface area (Å²) in [6.07, 6.45) is 1.85. The van der Waals surface area contributed by atoms with Gasteiger partial charge in [0, 0.05) is 148 Å². The molecule has 147 heavy (non-hydrogen) atoms. The average Bonchev–Trinajstić information content (AvgIpc) is 1.56. The number of fused-ring (bicyclic) bond motifs is 20. The Hall–Kier alpha value is -17.9. The topological polar surface area (TPSA) is 103 Å². The van der Waals surface area contributed by atoms with E-state index < -0.39 is 0 Å². The summed E-state index contributed by atoms with van der Waals surface area (Å²) in [6, 6.07) is 169. The Bertz CT molecular complexity index is 10200. The summed E-state index contributed by atoms with van der Waals surface area (Å²) in [6.45, 7) is 4.70. The first-order valence-corrected chi connectivity index (χ1v) is 52.7. The van der Waals surface area contributed by atoms with Crippen molar-refractivity contribution >= 4 is 181 Å². The maximum atomic E-state index is 5.29. The number of benzene rings is 20. The second kappa shape index (κ2) is 37.1. The van der Waals surface area contributed by atoms with Gasteiger partial charge in [-0.3, -0.25) is 4.98 Å². The van der Waals surface area contributed by atoms with Crippen LogP contribution >= 0.6 is 45.3 Å². The molecule has 0 atom stereocenters. The fourth-order valence-electron chi connectivity index (χ4n) is 21.3. The van der Waals surface area contributed by atoms with Crippen molar-refractivity contribution in [2.45, 2.75) is 19.3 Å². The summed E-state index contributed by atoms with van der Waals surface area (Å²) >= 11 is 7.38. The van der Waals surface area contributed by atoms with E-state index in [1.807, 2.05) is 124 Å². The SMILES string of the molecule is CC1(C)c2cc(-c3nc4ccccc4nc3-c3cccc4c3sc3ccccc34)ccc2-c2cc3ccccc3cc21.c1ccc(-c2nc(-c3cccc4c3sc3ccccc34)cc3ncccc23)cc1.c1ccc(-c2nc(-c3ccccc3)c3ccc(-c4cccc(-c5ccc6c(c5)sc5ccccc56)c4)cc3n2)cc1.c1ccc(-c2nc3ccc(-c4cccc5c4sc4ccccc45)cc3nc2-c2ccccc2)cc1. The molecule has 690 valence electrons. The Morgan fingerprint density at radius 1 is 0.177 bits per heavy atom. The van der Waals surface area contributed by atoms with Gasteiger partial charge in [0.05, 0.1) is 73.0 Å². The van der Waals surface area contributed by atoms with E-state index in [4.69, 9.17) is 34.9 Å². The summed E-state index contributed by atoms with van der Waals surface area (Å²) in [5.41, 5.74) is 33.2. The molecule has 0 unspecified atom stereocenters. The fourth-order valence-corrected chi connectivity index (χ4v) is 26.1. The molecule has 29 aromatic rings. The fraction of sp³-hybridized carbons (Fsp3) is 0.0222. The molecule has 9 heterocycles. The number of thiophene rings is 4. The molecule has 0 saturated carbocycles. The van der Waals surface area contributed by atoms with E-state index in [9.17, 15) is 0 Å². The number of nitrogens with zero attached hydrogens (tertiary/aromatic N) is 8. The predicted molar refractivity (Wildman–Crippen MR) is 625 cm³/mol. The zero-order valence-corrected chi connectivity index (χ0v) is 83.2. The van der Waals surface area contributed by atoms with Crippen LogP contribution in [0.25, 0.3) is 270 Å². The Morgan fingerprint density at radius 3 is 1.16 bits per heavy atom. The first-order chi connectivity index (χ1) is 72.6. The third-order valence-electron chi connectivity index (χ3n) is 28.5. The van der Waals surface area contributed by atoms with Crippen molar-refractivity contribution in [2.75, 3.05) is 0 Å². The van der Waals surface area contributed by atoms with Crippen LogP contribution in [0.2, 0.25) is 0 Å². The van der Waals surface area contributed by atoms with Gasteiger partial charge in [-0.25, -0.2) is 34.9 Å². The molecule has 0 radical (unpaired) electrons. The highest BCUT2D eigenvalue weighted by Gasteiger charge is 2.37. The summed E-state index contributed by atoms with van der Waals surface area (Å²) in [5, 5.41) is 15.1. The van der Waals surface area contributed by atoms with Gasteiger partial charge >= 0.3 is 0 Å². The number of hydrogen-bond donors (Lipinski definition) is 0. The Labute approximate surface area is 864 Å². The highest BCUT2D eigenvalue weighted by atomic mass is 32.1. The molecule has 9 aromatic heterocycles. The van der Waals surface area contributed by atoms with E-state index >= 15 is 0 Å². The van der Waals surface area contributed by atoms with Crippen LogP contribution in [0, 0.1) is 0 Å². The smallest absolute Gasteiger partial charge is 0.160 e. The van der Waals surface area contributed by atoms with Gasteiger partial charge in [0.15, 0.2) is 5.82 Å². The van der Waals surface area contributed by atoms with Crippen LogP contribution in [-0.2, 0) is 5.41 Å². The highest BCUT2D eigenvalue weighted by Crippen LogP contribution is 2.53. The minimum atomic E-state index is -0.124. The highest BCUT2D eigenvalue weighted by molar-refractivity contribution is 7.27. The van der Waals surface area contributed by atoms with Crippen molar-refractivity contribution in [1.82, 2.24) is 39.9 Å². The van der Waals surface area contributed by atoms with E-state index in [0.29, 0.717) is 0 Å². The van der Waals surface area contributed by atoms with Crippen molar-refractivity contribution in [3.05, 3.63) is 497 Å². The summed E-state index contributed by atoms with van der Waals surface area (Å²) < 4.78 is 10.4. The Kier molecular flexibility index (Phi) is 22.3. The average molecular weight is 1950 g/mol. The number of para-hydroxylation sites is 2. The van der Waals surface area contributed by atoms with E-state index in [1.165, 1.54) is 136 Å². The van der Waals surface area contributed by atoms with Gasteiger partial charge in [0.1, 0.15) is 0 Å². The molecule has 20 aromatic carbocycles. The van der Waals surface area contributed by atoms with E-state index in [0.717, 1.165) is 145 Å². The molecule has 8 nitrogen and oxygen atoms in total. The standard InChI is InChI=1S/C39H26N2S.C38H24N2S.C32H20N2S.C26H16N2S/c1-39(2)31-22-25(18-19-26(31)30-20-23-10-3-4-11-24(23)21-32(30)39)36-37(41-34-16-7-6-15-33(34)40-36)29-14-9-13-28-27-12-5-8-17-35(27)42-38(28)29;1-3-10-25(11-4-1)37-33-21-19-29(23-34(33)39-38(40-37)26-12-5-2-6-13-26)27-14-9-15-28(22-27)30-18-20-32-31-16-7-8-17-35(31)41-36(32)24-30;1-3-10-21(11-4-1)30-31(22-12-5-2-6-13-22)34-28-20-23(18-19-27(28)33-30)24-15-9-16-26-25-14-7-8-17-29(25)35-32(24)26;1-2-8-17(9-3-1)25-20-13-7-15-27-22(20)16-23(28-25)21-12-6-11-19-18-10-4-5-14-24(18)29-26(19)21/h3-22H,1-2H3;1-24H;1-20H;1-16H. The molecule has 0 spiro atoms. The maximum Gasteiger partial charge on any atom is 0.160 e. The third kappa shape index (κ3) is 16.2. The lowest BCUT2D eigenvalue weighted by atomic mass is 9.81. The minimum absolute atomic E-state index is 0.124. The first kappa shape index (κ1) is 88.1. The molecule has 0 bridgehead atoms. The van der Waals surface area contributed by atoms with Gasteiger partial charge < -0.3 is 0 Å². The van der Waals surface area contributed by atoms with Gasteiger partial charge in [-0.1, -0.05) is 384 Å². The Morgan fingerprint density at radius 2 is 0.565 bits per heavy atom. The molecule has 30 rings (SSSR count). The number of hydrogen-bond acceptors (Lipinski definition) is 12. The second-order valence-corrected chi connectivity index (χ2v) is 42.0. The van der Waals surface area contributed by atoms with E-state index in [1.54, 1.807) is 0 Å². The van der Waals surface area contributed by atoms with Crippen molar-refractivity contribution in [3.63, 3.8) is 0 Å². The molecule has 0 amide bonds. The van der Waals surface area contributed by atoms with E-state index in [-0.39, 0.29) is 5.41 Å². The van der Waals surface area contributed by atoms with E-state index in [2.05, 4.69) is 425 Å². The van der Waals surface area contributed by atoms with Gasteiger partial charge in [0.25, 0.3) is 0 Å². The lowest BCUT2D eigenvalue weighted by Gasteiger charge is -2.22. The molecule has 0 N–H and O–H groups in total. The van der Waals surface area contributed by atoms with Gasteiger partial charge in [-0.15, -0.1) is 45.3 Å². The van der Waals surface area contributed by atoms with Crippen LogP contribution < -0.4 is 0 Å². The van der Waals surface area contributed by atoms with Crippen LogP contribution in [0.3, 0.4) is 0 Å². The molecular weight excluding hydrogens is 1860 g/mol. The number of pyridine rings is 2. The van der Waals surface area contributed by atoms with Gasteiger partial charge in [0.2, 0.25) is 0 Å². The lowest BCUT2D eigenvalue weighted by molar-refractivity contribution is 0.661. The van der Waals surface area contributed by atoms with Crippen LogP contribution in [-0.4, -0.2) is 39.9 Å². The van der Waals surface area contributed by atoms with Gasteiger partial charge in [-0.2, -0.15) is 0 Å². The zero-order chi connectivity index (χ0) is 97.6. The maximum absolute atomic E-state index is 5.29. The first-order valence-electron chi connectivity index (χ1n) is 49.5. The number of rotatable bonds is 11. The van der Waals surface area contributed by atoms with Crippen molar-refractivity contribution < 1.29 is 0 Å². The molecule has 0 aliphatic heterocycles. The summed E-state index contributed by atoms with van der Waals surface area (Å²) in [7, 11) is 0. The van der Waals surface area contributed by atoms with Crippen LogP contribution in [0.15, 0.2) is 485 Å². The molecule has 0 saturated heterocycles. The predicted octanol–water partition coefficient (Wildman–Crippen LogP) is 37.8.